The molecule has 2 atom stereocenters. The van der Waals surface area contributed by atoms with Gasteiger partial charge in [-0.15, -0.1) is 0 Å². The lowest BCUT2D eigenvalue weighted by molar-refractivity contribution is -0.150. The fourth-order valence-electron chi connectivity index (χ4n) is 3.69. The predicted octanol–water partition coefficient (Wildman–Crippen LogP) is 2.56. The smallest absolute Gasteiger partial charge is 0.310 e. The number of nitrogens with zero attached hydrogens (tertiary/aromatic N) is 2. The molecule has 3 rings (SSSR count). The fourth-order valence-corrected chi connectivity index (χ4v) is 4.01. The molecule has 2 saturated heterocycles. The molecule has 0 unspecified atom stereocenters. The minimum Gasteiger partial charge on any atom is -0.466 e. The lowest BCUT2D eigenvalue weighted by atomic mass is 9.96. The van der Waals surface area contributed by atoms with Gasteiger partial charge in [0.05, 0.1) is 35.7 Å². The summed E-state index contributed by atoms with van der Waals surface area (Å²) in [5.41, 5.74) is 1.39. The Hall–Kier alpha value is -1.92. The van der Waals surface area contributed by atoms with Crippen LogP contribution in [0.5, 0.6) is 0 Å². The zero-order valence-electron chi connectivity index (χ0n) is 15.0. The summed E-state index contributed by atoms with van der Waals surface area (Å²) < 4.78 is 5.11. The summed E-state index contributed by atoms with van der Waals surface area (Å²) in [6.07, 6.45) is 1.66. The first-order valence-corrected chi connectivity index (χ1v) is 9.33. The van der Waals surface area contributed by atoms with Gasteiger partial charge in [-0.3, -0.25) is 19.3 Å². The van der Waals surface area contributed by atoms with Crippen molar-refractivity contribution in [2.45, 2.75) is 39.2 Å². The molecule has 2 heterocycles. The van der Waals surface area contributed by atoms with Crippen LogP contribution in [0.3, 0.4) is 0 Å². The van der Waals surface area contributed by atoms with E-state index in [0.717, 1.165) is 18.4 Å². The molecule has 1 aromatic carbocycles. The Balaban J connectivity index is 1.77. The maximum absolute atomic E-state index is 12.9. The highest BCUT2D eigenvalue weighted by atomic mass is 35.5. The van der Waals surface area contributed by atoms with Gasteiger partial charge in [-0.1, -0.05) is 17.7 Å². The van der Waals surface area contributed by atoms with Crippen molar-refractivity contribution in [1.82, 2.24) is 4.90 Å². The third kappa shape index (κ3) is 3.62. The Labute approximate surface area is 158 Å². The molecule has 7 heteroatoms. The highest BCUT2D eigenvalue weighted by molar-refractivity contribution is 6.36. The molecule has 0 aliphatic carbocycles. The van der Waals surface area contributed by atoms with Crippen LogP contribution in [-0.4, -0.2) is 48.4 Å². The second-order valence-electron chi connectivity index (χ2n) is 6.83. The van der Waals surface area contributed by atoms with E-state index in [9.17, 15) is 14.4 Å². The summed E-state index contributed by atoms with van der Waals surface area (Å²) in [5.74, 6) is -1.01. The number of hydrogen-bond acceptors (Lipinski definition) is 5. The maximum Gasteiger partial charge on any atom is 0.310 e. The second-order valence-corrected chi connectivity index (χ2v) is 7.24. The van der Waals surface area contributed by atoms with Crippen molar-refractivity contribution in [2.24, 2.45) is 5.92 Å². The molecule has 140 valence electrons. The standard InChI is InChI=1S/C19H23ClN2O4/c1-3-26-19(25)13-5-4-8-21(11-13)16-10-17(23)22(18(16)24)15-7-6-12(2)9-14(15)20/h6-7,9,13,16H,3-5,8,10-11H2,1-2H3/t13-,16-/m0/s1. The van der Waals surface area contributed by atoms with Crippen molar-refractivity contribution < 1.29 is 19.1 Å². The molecule has 0 spiro atoms. The number of esters is 1. The van der Waals surface area contributed by atoms with E-state index < -0.39 is 6.04 Å². The molecule has 2 fully saturated rings. The molecule has 0 aromatic heterocycles. The lowest BCUT2D eigenvalue weighted by Gasteiger charge is -2.34. The van der Waals surface area contributed by atoms with Crippen LogP contribution in [0.2, 0.25) is 5.02 Å². The number of imide groups is 1. The molecule has 26 heavy (non-hydrogen) atoms. The molecular formula is C19H23ClN2O4. The van der Waals surface area contributed by atoms with E-state index in [1.807, 2.05) is 17.9 Å². The average molecular weight is 379 g/mol. The number of carbonyl (C=O) groups is 3. The second kappa shape index (κ2) is 7.76. The monoisotopic (exact) mass is 378 g/mol. The molecule has 2 amide bonds. The van der Waals surface area contributed by atoms with Crippen LogP contribution >= 0.6 is 11.6 Å². The van der Waals surface area contributed by atoms with Crippen molar-refractivity contribution >= 4 is 35.1 Å². The largest absolute Gasteiger partial charge is 0.466 e. The third-order valence-corrected chi connectivity index (χ3v) is 5.28. The van der Waals surface area contributed by atoms with Crippen LogP contribution in [0, 0.1) is 12.8 Å². The zero-order chi connectivity index (χ0) is 18.8. The molecule has 2 aliphatic rings. The van der Waals surface area contributed by atoms with E-state index >= 15 is 0 Å². The molecule has 2 aliphatic heterocycles. The number of amides is 2. The Morgan fingerprint density at radius 2 is 2.12 bits per heavy atom. The molecule has 6 nitrogen and oxygen atoms in total. The average Bonchev–Trinajstić information content (AvgIpc) is 2.90. The summed E-state index contributed by atoms with van der Waals surface area (Å²) in [4.78, 5) is 40.6. The van der Waals surface area contributed by atoms with Crippen LogP contribution in [-0.2, 0) is 19.1 Å². The number of piperidine rings is 1. The quantitative estimate of drug-likeness (QED) is 0.595. The van der Waals surface area contributed by atoms with Crippen LogP contribution in [0.1, 0.15) is 31.7 Å². The van der Waals surface area contributed by atoms with Gasteiger partial charge < -0.3 is 4.74 Å². The third-order valence-electron chi connectivity index (χ3n) is 4.98. The number of rotatable bonds is 4. The van der Waals surface area contributed by atoms with Gasteiger partial charge in [0, 0.05) is 6.54 Å². The summed E-state index contributed by atoms with van der Waals surface area (Å²) in [7, 11) is 0. The maximum atomic E-state index is 12.9. The highest BCUT2D eigenvalue weighted by Crippen LogP contribution is 2.33. The topological polar surface area (TPSA) is 66.9 Å². The predicted molar refractivity (Wildman–Crippen MR) is 98.0 cm³/mol. The number of anilines is 1. The molecule has 1 aromatic rings. The van der Waals surface area contributed by atoms with E-state index in [4.69, 9.17) is 16.3 Å². The van der Waals surface area contributed by atoms with Crippen molar-refractivity contribution in [3.63, 3.8) is 0 Å². The van der Waals surface area contributed by atoms with E-state index in [1.165, 1.54) is 4.90 Å². The van der Waals surface area contributed by atoms with Gasteiger partial charge in [0.15, 0.2) is 0 Å². The van der Waals surface area contributed by atoms with E-state index in [2.05, 4.69) is 0 Å². The van der Waals surface area contributed by atoms with Gasteiger partial charge in [0.2, 0.25) is 5.91 Å². The Morgan fingerprint density at radius 3 is 2.81 bits per heavy atom. The number of hydrogen-bond donors (Lipinski definition) is 0. The van der Waals surface area contributed by atoms with Gasteiger partial charge in [0.1, 0.15) is 0 Å². The van der Waals surface area contributed by atoms with E-state index in [0.29, 0.717) is 30.4 Å². The number of halogens is 1. The summed E-state index contributed by atoms with van der Waals surface area (Å²) >= 11 is 6.25. The Morgan fingerprint density at radius 1 is 1.35 bits per heavy atom. The van der Waals surface area contributed by atoms with E-state index in [-0.39, 0.29) is 30.1 Å². The summed E-state index contributed by atoms with van der Waals surface area (Å²) in [6.45, 7) is 5.15. The fraction of sp³-hybridized carbons (Fsp3) is 0.526. The van der Waals surface area contributed by atoms with Crippen molar-refractivity contribution in [3.05, 3.63) is 28.8 Å². The Kier molecular flexibility index (Phi) is 5.63. The minimum atomic E-state index is -0.544. The van der Waals surface area contributed by atoms with Gasteiger partial charge in [-0.2, -0.15) is 0 Å². The number of ether oxygens (including phenoxy) is 1. The minimum absolute atomic E-state index is 0.110. The summed E-state index contributed by atoms with van der Waals surface area (Å²) in [6, 6.07) is 4.72. The lowest BCUT2D eigenvalue weighted by Crippen LogP contribution is -2.48. The molecule has 0 radical (unpaired) electrons. The molecular weight excluding hydrogens is 356 g/mol. The normalized spacial score (nSPS) is 24.2. The van der Waals surface area contributed by atoms with Crippen LogP contribution in [0.15, 0.2) is 18.2 Å². The summed E-state index contributed by atoms with van der Waals surface area (Å²) in [5, 5.41) is 0.385. The van der Waals surface area contributed by atoms with Gasteiger partial charge in [0.25, 0.3) is 5.91 Å². The first-order chi connectivity index (χ1) is 12.4. The van der Waals surface area contributed by atoms with Crippen LogP contribution in [0.4, 0.5) is 5.69 Å². The molecule has 0 bridgehead atoms. The first-order valence-electron chi connectivity index (χ1n) is 8.96. The van der Waals surface area contributed by atoms with Crippen LogP contribution < -0.4 is 4.90 Å². The number of aryl methyl sites for hydroxylation is 1. The van der Waals surface area contributed by atoms with E-state index in [1.54, 1.807) is 19.1 Å². The Bertz CT molecular complexity index is 736. The van der Waals surface area contributed by atoms with Crippen molar-refractivity contribution in [2.75, 3.05) is 24.6 Å². The number of carbonyl (C=O) groups excluding carboxylic acids is 3. The highest BCUT2D eigenvalue weighted by Gasteiger charge is 2.45. The zero-order valence-corrected chi connectivity index (χ0v) is 15.8. The van der Waals surface area contributed by atoms with Gasteiger partial charge in [-0.05, 0) is 50.9 Å². The van der Waals surface area contributed by atoms with Gasteiger partial charge in [-0.25, -0.2) is 4.90 Å². The number of likely N-dealkylation sites (tertiary alicyclic amines) is 1. The molecule has 0 N–H and O–H groups in total. The molecule has 0 saturated carbocycles. The van der Waals surface area contributed by atoms with Crippen molar-refractivity contribution in [1.29, 1.82) is 0 Å². The SMILES string of the molecule is CCOC(=O)[C@H]1CCCN([C@H]2CC(=O)N(c3ccc(C)cc3Cl)C2=O)C1. The first kappa shape index (κ1) is 18.9. The van der Waals surface area contributed by atoms with Gasteiger partial charge >= 0.3 is 5.97 Å². The van der Waals surface area contributed by atoms with Crippen molar-refractivity contribution in [3.8, 4) is 0 Å². The van der Waals surface area contributed by atoms with Crippen LogP contribution in [0.25, 0.3) is 0 Å². The number of benzene rings is 1.